The SMILES string of the molecule is CCC1CCCN(CC(N)Cc2ccccc2)CC1. The summed E-state index contributed by atoms with van der Waals surface area (Å²) in [6.45, 7) is 5.84. The van der Waals surface area contributed by atoms with Crippen molar-refractivity contribution in [3.8, 4) is 0 Å². The third-order valence-electron chi connectivity index (χ3n) is 4.35. The van der Waals surface area contributed by atoms with Crippen LogP contribution in [-0.4, -0.2) is 30.6 Å². The molecule has 2 atom stereocenters. The van der Waals surface area contributed by atoms with Gasteiger partial charge in [0.1, 0.15) is 0 Å². The molecule has 0 bridgehead atoms. The molecule has 1 aromatic rings. The van der Waals surface area contributed by atoms with E-state index in [9.17, 15) is 0 Å². The van der Waals surface area contributed by atoms with Crippen molar-refractivity contribution in [2.24, 2.45) is 11.7 Å². The Morgan fingerprint density at radius 1 is 1.21 bits per heavy atom. The quantitative estimate of drug-likeness (QED) is 0.881. The van der Waals surface area contributed by atoms with E-state index in [-0.39, 0.29) is 6.04 Å². The molecule has 0 saturated carbocycles. The highest BCUT2D eigenvalue weighted by atomic mass is 15.1. The summed E-state index contributed by atoms with van der Waals surface area (Å²) < 4.78 is 0. The zero-order valence-electron chi connectivity index (χ0n) is 12.2. The van der Waals surface area contributed by atoms with Crippen molar-refractivity contribution in [3.05, 3.63) is 35.9 Å². The standard InChI is InChI=1S/C17H28N2/c1-2-15-9-6-11-19(12-10-15)14-17(18)13-16-7-4-3-5-8-16/h3-5,7-8,15,17H,2,6,9-14,18H2,1H3. The summed E-state index contributed by atoms with van der Waals surface area (Å²) in [5.74, 6) is 0.940. The molecule has 1 heterocycles. The second kappa shape index (κ2) is 7.66. The van der Waals surface area contributed by atoms with Gasteiger partial charge < -0.3 is 10.6 Å². The molecule has 0 spiro atoms. The highest BCUT2D eigenvalue weighted by molar-refractivity contribution is 5.15. The molecule has 1 aliphatic rings. The van der Waals surface area contributed by atoms with Gasteiger partial charge in [-0.25, -0.2) is 0 Å². The Bertz CT molecular complexity index is 350. The van der Waals surface area contributed by atoms with Crippen molar-refractivity contribution < 1.29 is 0 Å². The molecule has 0 radical (unpaired) electrons. The molecule has 0 aliphatic carbocycles. The fourth-order valence-corrected chi connectivity index (χ4v) is 3.13. The zero-order chi connectivity index (χ0) is 13.5. The number of benzene rings is 1. The Kier molecular flexibility index (Phi) is 5.87. The minimum atomic E-state index is 0.264. The van der Waals surface area contributed by atoms with E-state index in [0.717, 1.165) is 18.9 Å². The van der Waals surface area contributed by atoms with Crippen LogP contribution in [0.3, 0.4) is 0 Å². The van der Waals surface area contributed by atoms with E-state index >= 15 is 0 Å². The van der Waals surface area contributed by atoms with Gasteiger partial charge >= 0.3 is 0 Å². The van der Waals surface area contributed by atoms with Crippen LogP contribution < -0.4 is 5.73 Å². The van der Waals surface area contributed by atoms with Gasteiger partial charge in [-0.1, -0.05) is 43.7 Å². The van der Waals surface area contributed by atoms with Gasteiger partial charge in [0.05, 0.1) is 0 Å². The molecular weight excluding hydrogens is 232 g/mol. The number of nitrogens with two attached hydrogens (primary N) is 1. The largest absolute Gasteiger partial charge is 0.326 e. The van der Waals surface area contributed by atoms with Crippen LogP contribution in [0.15, 0.2) is 30.3 Å². The number of nitrogens with zero attached hydrogens (tertiary/aromatic N) is 1. The summed E-state index contributed by atoms with van der Waals surface area (Å²) >= 11 is 0. The minimum absolute atomic E-state index is 0.264. The van der Waals surface area contributed by atoms with Crippen LogP contribution in [0.2, 0.25) is 0 Å². The number of hydrogen-bond acceptors (Lipinski definition) is 2. The van der Waals surface area contributed by atoms with E-state index in [1.807, 2.05) is 0 Å². The summed E-state index contributed by atoms with van der Waals surface area (Å²) in [4.78, 5) is 2.57. The lowest BCUT2D eigenvalue weighted by molar-refractivity contribution is 0.262. The molecule has 1 aromatic carbocycles. The first-order chi connectivity index (χ1) is 9.28. The first-order valence-corrected chi connectivity index (χ1v) is 7.79. The molecule has 0 amide bonds. The van der Waals surface area contributed by atoms with Gasteiger partial charge in [-0.05, 0) is 50.3 Å². The van der Waals surface area contributed by atoms with Crippen LogP contribution in [-0.2, 0) is 6.42 Å². The first-order valence-electron chi connectivity index (χ1n) is 7.79. The third kappa shape index (κ3) is 4.96. The van der Waals surface area contributed by atoms with Gasteiger partial charge in [-0.2, -0.15) is 0 Å². The minimum Gasteiger partial charge on any atom is -0.326 e. The molecule has 0 aromatic heterocycles. The Labute approximate surface area is 118 Å². The van der Waals surface area contributed by atoms with Crippen molar-refractivity contribution >= 4 is 0 Å². The molecule has 2 unspecified atom stereocenters. The fourth-order valence-electron chi connectivity index (χ4n) is 3.13. The molecule has 2 N–H and O–H groups in total. The van der Waals surface area contributed by atoms with E-state index in [0.29, 0.717) is 0 Å². The molecule has 106 valence electrons. The van der Waals surface area contributed by atoms with Gasteiger partial charge in [0.15, 0.2) is 0 Å². The maximum absolute atomic E-state index is 6.31. The van der Waals surface area contributed by atoms with E-state index in [1.54, 1.807) is 0 Å². The molecule has 1 aliphatic heterocycles. The fraction of sp³-hybridized carbons (Fsp3) is 0.647. The predicted molar refractivity (Wildman–Crippen MR) is 82.2 cm³/mol. The highest BCUT2D eigenvalue weighted by Gasteiger charge is 2.17. The monoisotopic (exact) mass is 260 g/mol. The van der Waals surface area contributed by atoms with Crippen LogP contribution in [0.5, 0.6) is 0 Å². The molecule has 2 rings (SSSR count). The van der Waals surface area contributed by atoms with E-state index in [1.165, 1.54) is 44.3 Å². The molecule has 19 heavy (non-hydrogen) atoms. The van der Waals surface area contributed by atoms with Crippen LogP contribution in [0.25, 0.3) is 0 Å². The van der Waals surface area contributed by atoms with Crippen molar-refractivity contribution in [2.45, 2.75) is 45.1 Å². The number of rotatable bonds is 5. The Morgan fingerprint density at radius 3 is 2.74 bits per heavy atom. The molecule has 1 fully saturated rings. The van der Waals surface area contributed by atoms with Gasteiger partial charge in [0.2, 0.25) is 0 Å². The lowest BCUT2D eigenvalue weighted by Gasteiger charge is -2.24. The summed E-state index contributed by atoms with van der Waals surface area (Å²) in [6, 6.07) is 10.9. The van der Waals surface area contributed by atoms with Crippen LogP contribution in [0, 0.1) is 5.92 Å². The number of likely N-dealkylation sites (tertiary alicyclic amines) is 1. The lowest BCUT2D eigenvalue weighted by Crippen LogP contribution is -2.39. The first kappa shape index (κ1) is 14.5. The van der Waals surface area contributed by atoms with Crippen LogP contribution in [0.1, 0.15) is 38.2 Å². The normalized spacial score (nSPS) is 22.9. The van der Waals surface area contributed by atoms with Crippen molar-refractivity contribution in [1.82, 2.24) is 4.90 Å². The van der Waals surface area contributed by atoms with E-state index < -0.39 is 0 Å². The lowest BCUT2D eigenvalue weighted by atomic mass is 9.98. The highest BCUT2D eigenvalue weighted by Crippen LogP contribution is 2.20. The molecular formula is C17H28N2. The van der Waals surface area contributed by atoms with Crippen LogP contribution in [0.4, 0.5) is 0 Å². The van der Waals surface area contributed by atoms with E-state index in [2.05, 4.69) is 42.2 Å². The third-order valence-corrected chi connectivity index (χ3v) is 4.35. The average Bonchev–Trinajstić information content (AvgIpc) is 2.65. The predicted octanol–water partition coefficient (Wildman–Crippen LogP) is 3.07. The summed E-state index contributed by atoms with van der Waals surface area (Å²) in [7, 11) is 0. The van der Waals surface area contributed by atoms with Gasteiger partial charge in [0, 0.05) is 12.6 Å². The molecule has 2 heteroatoms. The summed E-state index contributed by atoms with van der Waals surface area (Å²) in [5, 5.41) is 0. The molecule has 1 saturated heterocycles. The topological polar surface area (TPSA) is 29.3 Å². The van der Waals surface area contributed by atoms with E-state index in [4.69, 9.17) is 5.73 Å². The van der Waals surface area contributed by atoms with Crippen LogP contribution >= 0.6 is 0 Å². The maximum atomic E-state index is 6.31. The zero-order valence-corrected chi connectivity index (χ0v) is 12.2. The van der Waals surface area contributed by atoms with Crippen molar-refractivity contribution in [1.29, 1.82) is 0 Å². The number of hydrogen-bond donors (Lipinski definition) is 1. The van der Waals surface area contributed by atoms with Gasteiger partial charge in [-0.3, -0.25) is 0 Å². The smallest absolute Gasteiger partial charge is 0.0208 e. The van der Waals surface area contributed by atoms with Crippen molar-refractivity contribution in [3.63, 3.8) is 0 Å². The second-order valence-corrected chi connectivity index (χ2v) is 5.96. The Morgan fingerprint density at radius 2 is 2.00 bits per heavy atom. The average molecular weight is 260 g/mol. The summed E-state index contributed by atoms with van der Waals surface area (Å²) in [5.41, 5.74) is 7.67. The summed E-state index contributed by atoms with van der Waals surface area (Å²) in [6.07, 6.45) is 6.44. The Hall–Kier alpha value is -0.860. The van der Waals surface area contributed by atoms with Gasteiger partial charge in [-0.15, -0.1) is 0 Å². The van der Waals surface area contributed by atoms with Crippen molar-refractivity contribution in [2.75, 3.05) is 19.6 Å². The molecule has 2 nitrogen and oxygen atoms in total. The Balaban J connectivity index is 1.77. The second-order valence-electron chi connectivity index (χ2n) is 5.96. The maximum Gasteiger partial charge on any atom is 0.0208 e. The van der Waals surface area contributed by atoms with Gasteiger partial charge in [0.25, 0.3) is 0 Å².